The molecule has 0 aliphatic heterocycles. The second kappa shape index (κ2) is 7.55. The number of hydrogen-bond acceptors (Lipinski definition) is 5. The number of benzene rings is 2. The van der Waals surface area contributed by atoms with Gasteiger partial charge >= 0.3 is 0 Å². The Hall–Kier alpha value is -3.25. The molecule has 0 spiro atoms. The van der Waals surface area contributed by atoms with Crippen molar-refractivity contribution in [3.8, 4) is 0 Å². The summed E-state index contributed by atoms with van der Waals surface area (Å²) >= 11 is 5.96. The summed E-state index contributed by atoms with van der Waals surface area (Å²) in [6, 6.07) is 19.9. The molecule has 25 heavy (non-hydrogen) atoms. The van der Waals surface area contributed by atoms with Crippen molar-refractivity contribution < 1.29 is 4.92 Å². The summed E-state index contributed by atoms with van der Waals surface area (Å²) in [6.07, 6.45) is 1.18. The van der Waals surface area contributed by atoms with E-state index in [2.05, 4.69) is 15.5 Å². The molecule has 2 aromatic carbocycles. The minimum absolute atomic E-state index is 0.0736. The molecule has 3 rings (SSSR count). The van der Waals surface area contributed by atoms with Crippen molar-refractivity contribution in [3.05, 3.63) is 99.2 Å². The van der Waals surface area contributed by atoms with Gasteiger partial charge in [0.1, 0.15) is 12.0 Å². The van der Waals surface area contributed by atoms with Gasteiger partial charge in [-0.15, -0.1) is 0 Å². The highest BCUT2D eigenvalue weighted by Gasteiger charge is 2.08. The van der Waals surface area contributed by atoms with Crippen LogP contribution in [-0.4, -0.2) is 15.6 Å². The monoisotopic (exact) mass is 352 g/mol. The number of rotatable bonds is 5. The number of halogens is 1. The topological polar surface area (TPSA) is 80.4 Å². The SMILES string of the molecule is O=[N+]([O-])c1ccc(NN=C(c2ccccc2)c2ccc(Cl)cc2)nc1. The van der Waals surface area contributed by atoms with Gasteiger partial charge in [0.2, 0.25) is 0 Å². The molecule has 6 nitrogen and oxygen atoms in total. The van der Waals surface area contributed by atoms with Crippen molar-refractivity contribution >= 4 is 28.8 Å². The lowest BCUT2D eigenvalue weighted by molar-refractivity contribution is -0.385. The first kappa shape index (κ1) is 16.6. The molecular weight excluding hydrogens is 340 g/mol. The van der Waals surface area contributed by atoms with E-state index in [1.54, 1.807) is 12.1 Å². The summed E-state index contributed by atoms with van der Waals surface area (Å²) in [7, 11) is 0. The van der Waals surface area contributed by atoms with Crippen molar-refractivity contribution in [2.75, 3.05) is 5.43 Å². The van der Waals surface area contributed by atoms with Crippen molar-refractivity contribution in [1.82, 2.24) is 4.98 Å². The highest BCUT2D eigenvalue weighted by atomic mass is 35.5. The number of nitro groups is 1. The second-order valence-electron chi connectivity index (χ2n) is 5.10. The van der Waals surface area contributed by atoms with E-state index in [9.17, 15) is 10.1 Å². The smallest absolute Gasteiger partial charge is 0.261 e. The third-order valence-corrected chi connectivity index (χ3v) is 3.66. The van der Waals surface area contributed by atoms with E-state index < -0.39 is 4.92 Å². The lowest BCUT2D eigenvalue weighted by Crippen LogP contribution is -2.07. The third kappa shape index (κ3) is 4.19. The number of nitrogens with zero attached hydrogens (tertiary/aromatic N) is 3. The molecule has 0 saturated heterocycles. The predicted octanol–water partition coefficient (Wildman–Crippen LogP) is 4.51. The van der Waals surface area contributed by atoms with Crippen LogP contribution in [0.5, 0.6) is 0 Å². The van der Waals surface area contributed by atoms with Gasteiger partial charge in [-0.3, -0.25) is 15.5 Å². The Labute approximate surface area is 149 Å². The zero-order chi connectivity index (χ0) is 17.6. The molecule has 124 valence electrons. The highest BCUT2D eigenvalue weighted by molar-refractivity contribution is 6.30. The maximum atomic E-state index is 10.7. The van der Waals surface area contributed by atoms with Crippen molar-refractivity contribution in [2.45, 2.75) is 0 Å². The number of anilines is 1. The normalized spacial score (nSPS) is 11.2. The summed E-state index contributed by atoms with van der Waals surface area (Å²) in [6.45, 7) is 0. The number of pyridine rings is 1. The van der Waals surface area contributed by atoms with Crippen LogP contribution in [-0.2, 0) is 0 Å². The molecule has 1 N–H and O–H groups in total. The lowest BCUT2D eigenvalue weighted by Gasteiger charge is -2.08. The van der Waals surface area contributed by atoms with Gasteiger partial charge in [0.05, 0.1) is 10.6 Å². The van der Waals surface area contributed by atoms with Crippen LogP contribution in [0.4, 0.5) is 11.5 Å². The summed E-state index contributed by atoms with van der Waals surface area (Å²) in [5.41, 5.74) is 5.27. The van der Waals surface area contributed by atoms with Crippen LogP contribution >= 0.6 is 11.6 Å². The van der Waals surface area contributed by atoms with Gasteiger partial charge in [0.15, 0.2) is 0 Å². The summed E-state index contributed by atoms with van der Waals surface area (Å²) in [5.74, 6) is 0.410. The molecule has 0 unspecified atom stereocenters. The van der Waals surface area contributed by atoms with Gasteiger partial charge in [-0.2, -0.15) is 5.10 Å². The molecule has 1 heterocycles. The van der Waals surface area contributed by atoms with Gasteiger partial charge in [-0.05, 0) is 18.2 Å². The number of hydrazone groups is 1. The van der Waals surface area contributed by atoms with Gasteiger partial charge in [-0.1, -0.05) is 54.1 Å². The minimum atomic E-state index is -0.497. The molecule has 0 aliphatic rings. The first-order valence-electron chi connectivity index (χ1n) is 7.39. The lowest BCUT2D eigenvalue weighted by atomic mass is 10.0. The Morgan fingerprint density at radius 3 is 2.28 bits per heavy atom. The number of nitrogens with one attached hydrogen (secondary N) is 1. The molecule has 3 aromatic rings. The zero-order valence-corrected chi connectivity index (χ0v) is 13.7. The Morgan fingerprint density at radius 2 is 1.68 bits per heavy atom. The molecule has 0 radical (unpaired) electrons. The summed E-state index contributed by atoms with van der Waals surface area (Å²) < 4.78 is 0. The maximum absolute atomic E-state index is 10.7. The molecule has 1 aromatic heterocycles. The first-order chi connectivity index (χ1) is 12.1. The number of hydrogen-bond donors (Lipinski definition) is 1. The van der Waals surface area contributed by atoms with Crippen molar-refractivity contribution in [3.63, 3.8) is 0 Å². The minimum Gasteiger partial charge on any atom is -0.261 e. The van der Waals surface area contributed by atoms with Crippen LogP contribution in [0.3, 0.4) is 0 Å². The van der Waals surface area contributed by atoms with Gasteiger partial charge in [0, 0.05) is 22.2 Å². The summed E-state index contributed by atoms with van der Waals surface area (Å²) in [4.78, 5) is 14.2. The standard InChI is InChI=1S/C18H13ClN4O2/c19-15-8-6-14(7-9-15)18(13-4-2-1-3-5-13)22-21-17-11-10-16(12-20-17)23(24)25/h1-12H,(H,20,21). The zero-order valence-electron chi connectivity index (χ0n) is 13.0. The maximum Gasteiger partial charge on any atom is 0.287 e. The average Bonchev–Trinajstić information content (AvgIpc) is 2.64. The van der Waals surface area contributed by atoms with E-state index in [1.807, 2.05) is 42.5 Å². The van der Waals surface area contributed by atoms with Crippen LogP contribution in [0.25, 0.3) is 0 Å². The molecule has 0 atom stereocenters. The number of aromatic nitrogens is 1. The molecule has 0 bridgehead atoms. The van der Waals surface area contributed by atoms with E-state index in [-0.39, 0.29) is 5.69 Å². The van der Waals surface area contributed by atoms with Crippen LogP contribution in [0.1, 0.15) is 11.1 Å². The molecule has 0 fully saturated rings. The quantitative estimate of drug-likeness (QED) is 0.416. The van der Waals surface area contributed by atoms with E-state index in [0.29, 0.717) is 16.6 Å². The second-order valence-corrected chi connectivity index (χ2v) is 5.54. The Kier molecular flexibility index (Phi) is 5.01. The largest absolute Gasteiger partial charge is 0.287 e. The molecule has 0 saturated carbocycles. The average molecular weight is 353 g/mol. The highest BCUT2D eigenvalue weighted by Crippen LogP contribution is 2.16. The van der Waals surface area contributed by atoms with Gasteiger partial charge < -0.3 is 0 Å². The fourth-order valence-corrected chi connectivity index (χ4v) is 2.30. The third-order valence-electron chi connectivity index (χ3n) is 3.41. The summed E-state index contributed by atoms with van der Waals surface area (Å²) in [5, 5.41) is 15.8. The van der Waals surface area contributed by atoms with Crippen LogP contribution in [0, 0.1) is 10.1 Å². The Morgan fingerprint density at radius 1 is 1.00 bits per heavy atom. The molecular formula is C18H13ClN4O2. The first-order valence-corrected chi connectivity index (χ1v) is 7.77. The van der Waals surface area contributed by atoms with Crippen LogP contribution in [0.15, 0.2) is 78.0 Å². The predicted molar refractivity (Wildman–Crippen MR) is 98.0 cm³/mol. The fourth-order valence-electron chi connectivity index (χ4n) is 2.17. The van der Waals surface area contributed by atoms with Crippen LogP contribution < -0.4 is 5.43 Å². The van der Waals surface area contributed by atoms with E-state index >= 15 is 0 Å². The fraction of sp³-hybridized carbons (Fsp3) is 0. The van der Waals surface area contributed by atoms with Crippen molar-refractivity contribution in [1.29, 1.82) is 0 Å². The van der Waals surface area contributed by atoms with Gasteiger partial charge in [-0.25, -0.2) is 4.98 Å². The molecule has 7 heteroatoms. The van der Waals surface area contributed by atoms with Gasteiger partial charge in [0.25, 0.3) is 5.69 Å². The molecule has 0 aliphatic carbocycles. The Bertz CT molecular complexity index is 895. The molecule has 0 amide bonds. The van der Waals surface area contributed by atoms with E-state index in [0.717, 1.165) is 11.1 Å². The van der Waals surface area contributed by atoms with E-state index in [1.165, 1.54) is 18.3 Å². The van der Waals surface area contributed by atoms with Crippen LogP contribution in [0.2, 0.25) is 5.02 Å². The Balaban J connectivity index is 1.92. The van der Waals surface area contributed by atoms with Crippen molar-refractivity contribution in [2.24, 2.45) is 5.10 Å². The van der Waals surface area contributed by atoms with E-state index in [4.69, 9.17) is 11.6 Å².